The summed E-state index contributed by atoms with van der Waals surface area (Å²) in [4.78, 5) is 11.4. The molecule has 1 rings (SSSR count). The Kier molecular flexibility index (Phi) is 4.37. The second kappa shape index (κ2) is 5.11. The number of carbonyl (C=O) groups is 1. The SMILES string of the molecule is O=C(NCCCBr)C1CCS(=O)(=O)C1. The molecule has 0 radical (unpaired) electrons. The molecule has 1 unspecified atom stereocenters. The first-order chi connectivity index (χ1) is 6.55. The molecular formula is C8H14BrNO3S. The van der Waals surface area contributed by atoms with Gasteiger partial charge in [-0.2, -0.15) is 0 Å². The molecule has 1 fully saturated rings. The maximum Gasteiger partial charge on any atom is 0.224 e. The lowest BCUT2D eigenvalue weighted by molar-refractivity contribution is -0.124. The fraction of sp³-hybridized carbons (Fsp3) is 0.875. The molecule has 6 heteroatoms. The monoisotopic (exact) mass is 283 g/mol. The van der Waals surface area contributed by atoms with Crippen molar-refractivity contribution in [3.8, 4) is 0 Å². The first kappa shape index (κ1) is 12.0. The van der Waals surface area contributed by atoms with Crippen LogP contribution in [0.5, 0.6) is 0 Å². The molecule has 0 saturated carbocycles. The van der Waals surface area contributed by atoms with Gasteiger partial charge in [0, 0.05) is 11.9 Å². The van der Waals surface area contributed by atoms with Crippen molar-refractivity contribution in [3.05, 3.63) is 0 Å². The maximum atomic E-state index is 11.4. The zero-order chi connectivity index (χ0) is 10.6. The summed E-state index contributed by atoms with van der Waals surface area (Å²) in [7, 11) is -2.94. The summed E-state index contributed by atoms with van der Waals surface area (Å²) in [6.45, 7) is 0.612. The van der Waals surface area contributed by atoms with E-state index in [1.165, 1.54) is 0 Å². The van der Waals surface area contributed by atoms with Crippen LogP contribution in [0, 0.1) is 5.92 Å². The zero-order valence-electron chi connectivity index (χ0n) is 7.83. The number of hydrogen-bond acceptors (Lipinski definition) is 3. The molecule has 0 aliphatic carbocycles. The second-order valence-corrected chi connectivity index (χ2v) is 6.46. The van der Waals surface area contributed by atoms with Gasteiger partial charge in [-0.05, 0) is 12.8 Å². The van der Waals surface area contributed by atoms with Crippen molar-refractivity contribution in [3.63, 3.8) is 0 Å². The average Bonchev–Trinajstić information content (AvgIpc) is 2.46. The highest BCUT2D eigenvalue weighted by atomic mass is 79.9. The minimum absolute atomic E-state index is 0.0210. The standard InChI is InChI=1S/C8H14BrNO3S/c9-3-1-4-10-8(11)7-2-5-14(12,13)6-7/h7H,1-6H2,(H,10,11). The Balaban J connectivity index is 2.33. The Labute approximate surface area is 92.5 Å². The number of alkyl halides is 1. The molecule has 1 amide bonds. The number of amides is 1. The third kappa shape index (κ3) is 3.57. The Morgan fingerprint density at radius 1 is 1.50 bits per heavy atom. The summed E-state index contributed by atoms with van der Waals surface area (Å²) in [5.74, 6) is -0.265. The van der Waals surface area contributed by atoms with E-state index in [0.717, 1.165) is 11.8 Å². The molecule has 1 aliphatic rings. The van der Waals surface area contributed by atoms with Crippen molar-refractivity contribution >= 4 is 31.7 Å². The van der Waals surface area contributed by atoms with Gasteiger partial charge in [0.15, 0.2) is 9.84 Å². The molecule has 0 aromatic heterocycles. The van der Waals surface area contributed by atoms with Crippen LogP contribution in [0.3, 0.4) is 0 Å². The molecule has 82 valence electrons. The van der Waals surface area contributed by atoms with Crippen molar-refractivity contribution < 1.29 is 13.2 Å². The van der Waals surface area contributed by atoms with Crippen LogP contribution in [-0.4, -0.2) is 37.7 Å². The Bertz CT molecular complexity index is 302. The predicted octanol–water partition coefficient (Wildman–Crippen LogP) is 0.322. The second-order valence-electron chi connectivity index (χ2n) is 3.43. The summed E-state index contributed by atoms with van der Waals surface area (Å²) in [5, 5.41) is 3.57. The van der Waals surface area contributed by atoms with Crippen LogP contribution in [0.4, 0.5) is 0 Å². The molecular weight excluding hydrogens is 270 g/mol. The zero-order valence-corrected chi connectivity index (χ0v) is 10.2. The van der Waals surface area contributed by atoms with E-state index in [2.05, 4.69) is 21.2 Å². The molecule has 1 aliphatic heterocycles. The van der Waals surface area contributed by atoms with Crippen molar-refractivity contribution in [1.29, 1.82) is 0 Å². The van der Waals surface area contributed by atoms with Crippen LogP contribution in [0.15, 0.2) is 0 Å². The fourth-order valence-electron chi connectivity index (χ4n) is 1.42. The van der Waals surface area contributed by atoms with Gasteiger partial charge in [-0.1, -0.05) is 15.9 Å². The summed E-state index contributed by atoms with van der Waals surface area (Å²) in [6, 6.07) is 0. The average molecular weight is 284 g/mol. The van der Waals surface area contributed by atoms with Crippen LogP contribution < -0.4 is 5.32 Å². The normalized spacial score (nSPS) is 24.8. The molecule has 1 saturated heterocycles. The van der Waals surface area contributed by atoms with Gasteiger partial charge >= 0.3 is 0 Å². The Morgan fingerprint density at radius 3 is 2.71 bits per heavy atom. The van der Waals surface area contributed by atoms with Gasteiger partial charge in [0.25, 0.3) is 0 Å². The van der Waals surface area contributed by atoms with Crippen molar-refractivity contribution in [2.24, 2.45) is 5.92 Å². The quantitative estimate of drug-likeness (QED) is 0.597. The Hall–Kier alpha value is -0.100. The summed E-state index contributed by atoms with van der Waals surface area (Å²) in [6.07, 6.45) is 1.34. The number of hydrogen-bond donors (Lipinski definition) is 1. The van der Waals surface area contributed by atoms with Crippen LogP contribution in [0.25, 0.3) is 0 Å². The van der Waals surface area contributed by atoms with Gasteiger partial charge in [0.05, 0.1) is 17.4 Å². The third-order valence-electron chi connectivity index (χ3n) is 2.21. The lowest BCUT2D eigenvalue weighted by Gasteiger charge is -2.07. The highest BCUT2D eigenvalue weighted by Gasteiger charge is 2.32. The predicted molar refractivity (Wildman–Crippen MR) is 58.2 cm³/mol. The molecule has 1 N–H and O–H groups in total. The van der Waals surface area contributed by atoms with Crippen LogP contribution in [0.2, 0.25) is 0 Å². The number of rotatable bonds is 4. The molecule has 0 aromatic rings. The van der Waals surface area contributed by atoms with Crippen LogP contribution in [-0.2, 0) is 14.6 Å². The summed E-state index contributed by atoms with van der Waals surface area (Å²) in [5.41, 5.74) is 0. The van der Waals surface area contributed by atoms with E-state index in [9.17, 15) is 13.2 Å². The molecule has 0 aromatic carbocycles. The fourth-order valence-corrected chi connectivity index (χ4v) is 3.45. The molecule has 1 heterocycles. The lowest BCUT2D eigenvalue weighted by Crippen LogP contribution is -2.32. The maximum absolute atomic E-state index is 11.4. The van der Waals surface area contributed by atoms with Crippen LogP contribution >= 0.6 is 15.9 Å². The smallest absolute Gasteiger partial charge is 0.224 e. The summed E-state index contributed by atoms with van der Waals surface area (Å²) < 4.78 is 22.2. The molecule has 4 nitrogen and oxygen atoms in total. The number of sulfone groups is 1. The third-order valence-corrected chi connectivity index (χ3v) is 4.54. The number of halogens is 1. The highest BCUT2D eigenvalue weighted by Crippen LogP contribution is 2.18. The van der Waals surface area contributed by atoms with E-state index in [0.29, 0.717) is 13.0 Å². The van der Waals surface area contributed by atoms with Crippen molar-refractivity contribution in [2.75, 3.05) is 23.4 Å². The number of nitrogens with one attached hydrogen (secondary N) is 1. The van der Waals surface area contributed by atoms with Gasteiger partial charge in [0.1, 0.15) is 0 Å². The van der Waals surface area contributed by atoms with Gasteiger partial charge in [-0.3, -0.25) is 4.79 Å². The Morgan fingerprint density at radius 2 is 2.21 bits per heavy atom. The highest BCUT2D eigenvalue weighted by molar-refractivity contribution is 9.09. The van der Waals surface area contributed by atoms with Crippen molar-refractivity contribution in [1.82, 2.24) is 5.32 Å². The van der Waals surface area contributed by atoms with Gasteiger partial charge in [0.2, 0.25) is 5.91 Å². The van der Waals surface area contributed by atoms with E-state index >= 15 is 0 Å². The van der Waals surface area contributed by atoms with Gasteiger partial charge in [-0.25, -0.2) is 8.42 Å². The first-order valence-electron chi connectivity index (χ1n) is 4.59. The minimum Gasteiger partial charge on any atom is -0.356 e. The summed E-state index contributed by atoms with van der Waals surface area (Å²) >= 11 is 3.25. The molecule has 0 spiro atoms. The van der Waals surface area contributed by atoms with E-state index in [1.807, 2.05) is 0 Å². The molecule has 0 bridgehead atoms. The topological polar surface area (TPSA) is 63.2 Å². The van der Waals surface area contributed by atoms with Crippen LogP contribution in [0.1, 0.15) is 12.8 Å². The van der Waals surface area contributed by atoms with E-state index in [-0.39, 0.29) is 23.3 Å². The van der Waals surface area contributed by atoms with Gasteiger partial charge < -0.3 is 5.32 Å². The minimum atomic E-state index is -2.94. The number of carbonyl (C=O) groups excluding carboxylic acids is 1. The first-order valence-corrected chi connectivity index (χ1v) is 7.53. The van der Waals surface area contributed by atoms with E-state index in [1.54, 1.807) is 0 Å². The molecule has 14 heavy (non-hydrogen) atoms. The molecule has 1 atom stereocenters. The largest absolute Gasteiger partial charge is 0.356 e. The van der Waals surface area contributed by atoms with E-state index < -0.39 is 9.84 Å². The van der Waals surface area contributed by atoms with Gasteiger partial charge in [-0.15, -0.1) is 0 Å². The lowest BCUT2D eigenvalue weighted by atomic mass is 10.1. The van der Waals surface area contributed by atoms with Crippen molar-refractivity contribution in [2.45, 2.75) is 12.8 Å². The van der Waals surface area contributed by atoms with E-state index in [4.69, 9.17) is 0 Å².